The number of para-hydroxylation sites is 1. The molecule has 0 saturated heterocycles. The van der Waals surface area contributed by atoms with Crippen LogP contribution in [0, 0.1) is 18.8 Å². The second-order valence-electron chi connectivity index (χ2n) is 25.3. The van der Waals surface area contributed by atoms with Gasteiger partial charge in [-0.15, -0.1) is 53.6 Å². The van der Waals surface area contributed by atoms with Crippen LogP contribution in [0.3, 0.4) is 0 Å². The molecular weight excluding hydrogens is 1050 g/mol. The largest absolute Gasteiger partial charge is 0.509 e. The average molecular weight is 1120 g/mol. The molecule has 0 amide bonds. The van der Waals surface area contributed by atoms with Gasteiger partial charge in [-0.2, -0.15) is 6.07 Å². The zero-order valence-electron chi connectivity index (χ0n) is 45.2. The molecule has 0 spiro atoms. The molecule has 3 heterocycles. The van der Waals surface area contributed by atoms with Crippen LogP contribution in [0.2, 0.25) is 0 Å². The minimum atomic E-state index is -0.235. The predicted molar refractivity (Wildman–Crippen MR) is 296 cm³/mol. The molecule has 6 heteroatoms. The van der Waals surface area contributed by atoms with Crippen molar-refractivity contribution >= 4 is 44.6 Å². The van der Waals surface area contributed by atoms with Gasteiger partial charge in [-0.3, -0.25) is 0 Å². The molecule has 2 aromatic heterocycles. The Morgan fingerprint density at radius 1 is 0.465 bits per heavy atom. The summed E-state index contributed by atoms with van der Waals surface area (Å²) >= 11 is 0. The Bertz CT molecular complexity index is 3240. The Hall–Kier alpha value is -5.64. The van der Waals surface area contributed by atoms with Crippen LogP contribution >= 0.6 is 0 Å². The van der Waals surface area contributed by atoms with Crippen molar-refractivity contribution in [2.45, 2.75) is 150 Å². The molecule has 0 bridgehead atoms. The maximum absolute atomic E-state index is 6.99. The van der Waals surface area contributed by atoms with Gasteiger partial charge in [0.2, 0.25) is 0 Å². The molecule has 0 atom stereocenters. The number of hydrogen-bond acceptors (Lipinski definition) is 4. The second kappa shape index (κ2) is 18.1. The molecule has 0 saturated carbocycles. The number of benzene rings is 6. The topological polar surface area (TPSA) is 33.5 Å². The Kier molecular flexibility index (Phi) is 13.2. The Balaban J connectivity index is 0.00000676. The molecule has 0 radical (unpaired) electrons. The van der Waals surface area contributed by atoms with Crippen molar-refractivity contribution in [3.8, 4) is 17.3 Å². The molecule has 9 rings (SSSR count). The van der Waals surface area contributed by atoms with Crippen molar-refractivity contribution in [2.24, 2.45) is 0 Å². The zero-order chi connectivity index (χ0) is 50.5. The molecule has 6 aromatic carbocycles. The quantitative estimate of drug-likeness (QED) is 0.149. The molecule has 0 fully saturated rings. The van der Waals surface area contributed by atoms with Crippen molar-refractivity contribution in [1.29, 1.82) is 0 Å². The van der Waals surface area contributed by atoms with Crippen LogP contribution in [0.15, 0.2) is 128 Å². The first-order valence-electron chi connectivity index (χ1n) is 25.1. The molecule has 0 aliphatic carbocycles. The van der Waals surface area contributed by atoms with Crippen LogP contribution < -0.4 is 14.5 Å². The molecule has 0 N–H and O–H groups in total. The first-order valence-corrected chi connectivity index (χ1v) is 25.1. The van der Waals surface area contributed by atoms with Gasteiger partial charge in [0.1, 0.15) is 5.82 Å². The second-order valence-corrected chi connectivity index (χ2v) is 25.3. The standard InChI is InChI=1S/C65H73N4O.Pt/c1-60(2,3)44-31-45(61(4,5)6)33-47(32-44)67-41-68(58-40-54(64(13,14)15)53(39-57(58)67)63(10,11)12)48-34-46(62(7,8)9)35-50(37-48)70-49-27-28-52-51-25-21-22-26-55(51)69(56(52)38-49)59-36-43(29-30-66-59)65(16,17)42-23-19-18-20-24-42;/h18-36,39-41H,1-17H3;/q-3;. The van der Waals surface area contributed by atoms with E-state index in [2.05, 4.69) is 266 Å². The summed E-state index contributed by atoms with van der Waals surface area (Å²) in [7, 11) is 0. The van der Waals surface area contributed by atoms with E-state index >= 15 is 0 Å². The van der Waals surface area contributed by atoms with E-state index in [4.69, 9.17) is 9.72 Å². The number of anilines is 4. The molecule has 71 heavy (non-hydrogen) atoms. The van der Waals surface area contributed by atoms with Crippen LogP contribution in [-0.4, -0.2) is 9.55 Å². The summed E-state index contributed by atoms with van der Waals surface area (Å²) in [6.07, 6.45) is 1.93. The maximum atomic E-state index is 6.99. The van der Waals surface area contributed by atoms with Crippen LogP contribution in [0.5, 0.6) is 11.5 Å². The van der Waals surface area contributed by atoms with E-state index in [9.17, 15) is 0 Å². The van der Waals surface area contributed by atoms with Crippen molar-refractivity contribution in [3.05, 3.63) is 185 Å². The molecule has 8 aromatic rings. The summed E-state index contributed by atoms with van der Waals surface area (Å²) in [5.74, 6) is 2.08. The average Bonchev–Trinajstić information content (AvgIpc) is 3.83. The van der Waals surface area contributed by atoms with Gasteiger partial charge >= 0.3 is 0 Å². The fraction of sp³-hybridized carbons (Fsp3) is 0.354. The van der Waals surface area contributed by atoms with Gasteiger partial charge in [-0.1, -0.05) is 178 Å². The van der Waals surface area contributed by atoms with Crippen LogP contribution in [-0.2, 0) is 53.6 Å². The molecule has 0 unspecified atom stereocenters. The van der Waals surface area contributed by atoms with Crippen molar-refractivity contribution < 1.29 is 25.8 Å². The van der Waals surface area contributed by atoms with Crippen LogP contribution in [0.25, 0.3) is 27.6 Å². The summed E-state index contributed by atoms with van der Waals surface area (Å²) in [6, 6.07) is 51.8. The van der Waals surface area contributed by atoms with E-state index in [-0.39, 0.29) is 53.6 Å². The molecular formula is C65H73N4OPt-3. The summed E-state index contributed by atoms with van der Waals surface area (Å²) < 4.78 is 9.22. The van der Waals surface area contributed by atoms with Gasteiger partial charge in [0.15, 0.2) is 0 Å². The van der Waals surface area contributed by atoms with Gasteiger partial charge in [-0.25, -0.2) is 4.98 Å². The molecule has 1 aliphatic heterocycles. The van der Waals surface area contributed by atoms with Crippen LogP contribution in [0.1, 0.15) is 157 Å². The first-order chi connectivity index (χ1) is 32.6. The number of rotatable bonds is 7. The van der Waals surface area contributed by atoms with Gasteiger partial charge < -0.3 is 19.1 Å². The summed E-state index contributed by atoms with van der Waals surface area (Å²) in [6.45, 7) is 41.5. The van der Waals surface area contributed by atoms with E-state index in [0.717, 1.165) is 55.9 Å². The van der Waals surface area contributed by atoms with E-state index in [1.54, 1.807) is 0 Å². The molecule has 5 nitrogen and oxygen atoms in total. The Morgan fingerprint density at radius 3 is 1.62 bits per heavy atom. The number of fused-ring (bicyclic) bond motifs is 4. The summed E-state index contributed by atoms with van der Waals surface area (Å²) in [5, 5.41) is 2.22. The van der Waals surface area contributed by atoms with Gasteiger partial charge in [-0.05, 0) is 108 Å². The SMILES string of the molecule is CC(C)(C)c1cc(Oc2[c-]c3c(cc2)c2ccccc2n3-c2cc(C(C)(C)c3ccccc3)ccn2)[c-]c(N2[CH-]N(c3cc(C(C)(C)C)cc(C(C)(C)C)c3)c3cc(C(C)(C)C)c(C(C)(C)C)cc32)c1.[Pt]. The molecule has 372 valence electrons. The zero-order valence-corrected chi connectivity index (χ0v) is 47.5. The maximum Gasteiger partial charge on any atom is 0.135 e. The van der Waals surface area contributed by atoms with Gasteiger partial charge in [0.25, 0.3) is 0 Å². The van der Waals surface area contributed by atoms with Crippen molar-refractivity contribution in [2.75, 3.05) is 9.80 Å². The molecule has 1 aliphatic rings. The minimum absolute atomic E-state index is 0. The van der Waals surface area contributed by atoms with Crippen molar-refractivity contribution in [3.63, 3.8) is 0 Å². The third-order valence-corrected chi connectivity index (χ3v) is 14.3. The van der Waals surface area contributed by atoms with E-state index < -0.39 is 0 Å². The third-order valence-electron chi connectivity index (χ3n) is 14.3. The Labute approximate surface area is 439 Å². The van der Waals surface area contributed by atoms with E-state index in [1.807, 2.05) is 12.3 Å². The summed E-state index contributed by atoms with van der Waals surface area (Å²) in [4.78, 5) is 9.74. The number of pyridine rings is 1. The third kappa shape index (κ3) is 9.98. The fourth-order valence-electron chi connectivity index (χ4n) is 9.85. The fourth-order valence-corrected chi connectivity index (χ4v) is 9.85. The normalized spacial score (nSPS) is 13.8. The van der Waals surface area contributed by atoms with Crippen LogP contribution in [0.4, 0.5) is 22.7 Å². The number of aromatic nitrogens is 2. The van der Waals surface area contributed by atoms with E-state index in [1.165, 1.54) is 33.4 Å². The minimum Gasteiger partial charge on any atom is -0.509 e. The Morgan fingerprint density at radius 2 is 1.03 bits per heavy atom. The summed E-state index contributed by atoms with van der Waals surface area (Å²) in [5.41, 5.74) is 14.5. The first kappa shape index (κ1) is 51.7. The number of nitrogens with zero attached hydrogens (tertiary/aromatic N) is 4. The van der Waals surface area contributed by atoms with Gasteiger partial charge in [0.05, 0.1) is 0 Å². The predicted octanol–water partition coefficient (Wildman–Crippen LogP) is 17.8. The number of hydrogen-bond donors (Lipinski definition) is 0. The number of ether oxygens (including phenoxy) is 1. The van der Waals surface area contributed by atoms with E-state index in [0.29, 0.717) is 11.5 Å². The monoisotopic (exact) mass is 1120 g/mol. The van der Waals surface area contributed by atoms with Gasteiger partial charge in [0, 0.05) is 66.8 Å². The van der Waals surface area contributed by atoms with Crippen molar-refractivity contribution in [1.82, 2.24) is 9.55 Å². The smallest absolute Gasteiger partial charge is 0.135 e.